The summed E-state index contributed by atoms with van der Waals surface area (Å²) in [6, 6.07) is 2.00. The minimum absolute atomic E-state index is 0.0617. The van der Waals surface area contributed by atoms with Crippen LogP contribution in [0.15, 0.2) is 16.6 Å². The molecule has 0 saturated carbocycles. The van der Waals surface area contributed by atoms with E-state index < -0.39 is 29.2 Å². The second kappa shape index (κ2) is 5.36. The molecule has 1 rings (SSSR count). The van der Waals surface area contributed by atoms with Gasteiger partial charge in [-0.25, -0.2) is 8.78 Å². The Morgan fingerprint density at radius 1 is 1.50 bits per heavy atom. The van der Waals surface area contributed by atoms with Gasteiger partial charge in [-0.3, -0.25) is 4.79 Å². The predicted octanol–water partition coefficient (Wildman–Crippen LogP) is 1.84. The number of aliphatic hydroxyl groups excluding tert-OH is 1. The number of benzene rings is 1. The lowest BCUT2D eigenvalue weighted by Crippen LogP contribution is -2.31. The molecule has 88 valence electrons. The molecule has 2 N–H and O–H groups in total. The van der Waals surface area contributed by atoms with E-state index in [2.05, 4.69) is 21.2 Å². The van der Waals surface area contributed by atoms with Gasteiger partial charge < -0.3 is 10.4 Å². The molecular weight excluding hydrogens is 284 g/mol. The molecule has 0 radical (unpaired) electrons. The fourth-order valence-corrected chi connectivity index (χ4v) is 1.49. The van der Waals surface area contributed by atoms with E-state index in [1.54, 1.807) is 0 Å². The van der Waals surface area contributed by atoms with Crippen LogP contribution in [0.1, 0.15) is 17.3 Å². The van der Waals surface area contributed by atoms with Crippen LogP contribution in [0.5, 0.6) is 0 Å². The normalized spacial score (nSPS) is 12.3. The van der Waals surface area contributed by atoms with Gasteiger partial charge in [0.2, 0.25) is 0 Å². The third kappa shape index (κ3) is 3.24. The maximum Gasteiger partial charge on any atom is 0.257 e. The van der Waals surface area contributed by atoms with Crippen LogP contribution in [0, 0.1) is 11.6 Å². The fraction of sp³-hybridized carbons (Fsp3) is 0.300. The summed E-state index contributed by atoms with van der Waals surface area (Å²) in [5.74, 6) is -2.78. The highest BCUT2D eigenvalue weighted by Gasteiger charge is 2.18. The average molecular weight is 294 g/mol. The highest BCUT2D eigenvalue weighted by Crippen LogP contribution is 2.19. The zero-order valence-corrected chi connectivity index (χ0v) is 10.0. The zero-order chi connectivity index (χ0) is 12.3. The summed E-state index contributed by atoms with van der Waals surface area (Å²) in [7, 11) is 0. The Kier molecular flexibility index (Phi) is 4.37. The Labute approximate surface area is 99.6 Å². The predicted molar refractivity (Wildman–Crippen MR) is 58.1 cm³/mol. The highest BCUT2D eigenvalue weighted by atomic mass is 79.9. The quantitative estimate of drug-likeness (QED) is 0.893. The van der Waals surface area contributed by atoms with Crippen molar-refractivity contribution in [1.29, 1.82) is 0 Å². The lowest BCUT2D eigenvalue weighted by Gasteiger charge is -2.08. The number of rotatable bonds is 3. The SMILES string of the molecule is C[C@@H](O)CNC(=O)c1c(F)cc(Br)cc1F. The number of carbonyl (C=O) groups is 1. The summed E-state index contributed by atoms with van der Waals surface area (Å²) in [5, 5.41) is 11.1. The van der Waals surface area contributed by atoms with E-state index in [9.17, 15) is 13.6 Å². The standard InChI is InChI=1S/C10H10BrF2NO2/c1-5(15)4-14-10(16)9-7(12)2-6(11)3-8(9)13/h2-3,5,15H,4H2,1H3,(H,14,16)/t5-/m1/s1. The zero-order valence-electron chi connectivity index (χ0n) is 8.43. The summed E-state index contributed by atoms with van der Waals surface area (Å²) < 4.78 is 26.8. The molecule has 0 aliphatic heterocycles. The molecule has 16 heavy (non-hydrogen) atoms. The van der Waals surface area contributed by atoms with Crippen LogP contribution in [-0.4, -0.2) is 23.7 Å². The van der Waals surface area contributed by atoms with Gasteiger partial charge in [0.15, 0.2) is 0 Å². The van der Waals surface area contributed by atoms with Gasteiger partial charge in [0.1, 0.15) is 17.2 Å². The smallest absolute Gasteiger partial charge is 0.257 e. The van der Waals surface area contributed by atoms with Crippen molar-refractivity contribution in [1.82, 2.24) is 5.32 Å². The third-order valence-corrected chi connectivity index (χ3v) is 2.25. The maximum absolute atomic E-state index is 13.3. The van der Waals surface area contributed by atoms with Crippen molar-refractivity contribution >= 4 is 21.8 Å². The Bertz CT molecular complexity index is 387. The van der Waals surface area contributed by atoms with Crippen molar-refractivity contribution in [2.75, 3.05) is 6.54 Å². The van der Waals surface area contributed by atoms with E-state index in [0.29, 0.717) is 0 Å². The Morgan fingerprint density at radius 2 is 2.00 bits per heavy atom. The summed E-state index contributed by atoms with van der Waals surface area (Å²) in [5.41, 5.74) is -0.649. The second-order valence-corrected chi connectivity index (χ2v) is 4.22. The number of hydrogen-bond donors (Lipinski definition) is 2. The van der Waals surface area contributed by atoms with Crippen LogP contribution in [0.4, 0.5) is 8.78 Å². The second-order valence-electron chi connectivity index (χ2n) is 3.30. The van der Waals surface area contributed by atoms with Gasteiger partial charge in [0, 0.05) is 11.0 Å². The lowest BCUT2D eigenvalue weighted by atomic mass is 10.2. The summed E-state index contributed by atoms with van der Waals surface area (Å²) in [6.07, 6.45) is -0.773. The molecule has 0 aliphatic rings. The first-order valence-electron chi connectivity index (χ1n) is 4.52. The molecule has 0 unspecified atom stereocenters. The molecule has 0 bridgehead atoms. The van der Waals surface area contributed by atoms with E-state index >= 15 is 0 Å². The molecule has 0 aliphatic carbocycles. The lowest BCUT2D eigenvalue weighted by molar-refractivity contribution is 0.0915. The first-order chi connectivity index (χ1) is 7.41. The van der Waals surface area contributed by atoms with Gasteiger partial charge in [-0.15, -0.1) is 0 Å². The molecule has 0 heterocycles. The van der Waals surface area contributed by atoms with Gasteiger partial charge in [-0.05, 0) is 19.1 Å². The average Bonchev–Trinajstić information content (AvgIpc) is 2.12. The first kappa shape index (κ1) is 13.1. The molecule has 1 amide bonds. The topological polar surface area (TPSA) is 49.3 Å². The van der Waals surface area contributed by atoms with Crippen molar-refractivity contribution in [3.05, 3.63) is 33.8 Å². The fourth-order valence-electron chi connectivity index (χ4n) is 1.09. The molecule has 1 aromatic carbocycles. The van der Waals surface area contributed by atoms with Crippen LogP contribution in [0.3, 0.4) is 0 Å². The van der Waals surface area contributed by atoms with E-state index in [0.717, 1.165) is 12.1 Å². The van der Waals surface area contributed by atoms with Crippen LogP contribution in [0.25, 0.3) is 0 Å². The minimum atomic E-state index is -0.949. The van der Waals surface area contributed by atoms with Crippen molar-refractivity contribution in [3.63, 3.8) is 0 Å². The summed E-state index contributed by atoms with van der Waals surface area (Å²) in [6.45, 7) is 1.39. The molecule has 0 fully saturated rings. The Morgan fingerprint density at radius 3 is 2.44 bits per heavy atom. The monoisotopic (exact) mass is 293 g/mol. The van der Waals surface area contributed by atoms with E-state index in [1.165, 1.54) is 6.92 Å². The van der Waals surface area contributed by atoms with Crippen LogP contribution >= 0.6 is 15.9 Å². The molecular formula is C10H10BrF2NO2. The van der Waals surface area contributed by atoms with Crippen LogP contribution < -0.4 is 5.32 Å². The Balaban J connectivity index is 2.91. The number of amides is 1. The van der Waals surface area contributed by atoms with Crippen LogP contribution in [0.2, 0.25) is 0 Å². The number of hydrogen-bond acceptors (Lipinski definition) is 2. The number of halogens is 3. The molecule has 0 saturated heterocycles. The largest absolute Gasteiger partial charge is 0.392 e. The maximum atomic E-state index is 13.3. The van der Waals surface area contributed by atoms with Crippen molar-refractivity contribution in [3.8, 4) is 0 Å². The number of carbonyl (C=O) groups excluding carboxylic acids is 1. The summed E-state index contributed by atoms with van der Waals surface area (Å²) >= 11 is 2.91. The van der Waals surface area contributed by atoms with E-state index in [-0.39, 0.29) is 11.0 Å². The van der Waals surface area contributed by atoms with Gasteiger partial charge >= 0.3 is 0 Å². The molecule has 6 heteroatoms. The molecule has 0 spiro atoms. The van der Waals surface area contributed by atoms with Gasteiger partial charge in [-0.2, -0.15) is 0 Å². The minimum Gasteiger partial charge on any atom is -0.392 e. The summed E-state index contributed by atoms with van der Waals surface area (Å²) in [4.78, 5) is 11.4. The number of aliphatic hydroxyl groups is 1. The molecule has 1 atom stereocenters. The first-order valence-corrected chi connectivity index (χ1v) is 5.32. The van der Waals surface area contributed by atoms with Crippen molar-refractivity contribution in [2.45, 2.75) is 13.0 Å². The third-order valence-electron chi connectivity index (χ3n) is 1.79. The van der Waals surface area contributed by atoms with Crippen LogP contribution in [-0.2, 0) is 0 Å². The molecule has 1 aromatic rings. The number of nitrogens with one attached hydrogen (secondary N) is 1. The van der Waals surface area contributed by atoms with E-state index in [4.69, 9.17) is 5.11 Å². The van der Waals surface area contributed by atoms with Gasteiger partial charge in [-0.1, -0.05) is 15.9 Å². The molecule has 3 nitrogen and oxygen atoms in total. The van der Waals surface area contributed by atoms with Crippen molar-refractivity contribution < 1.29 is 18.7 Å². The Hall–Kier alpha value is -1.01. The van der Waals surface area contributed by atoms with Gasteiger partial charge in [0.25, 0.3) is 5.91 Å². The van der Waals surface area contributed by atoms with Crippen molar-refractivity contribution in [2.24, 2.45) is 0 Å². The molecule has 0 aromatic heterocycles. The van der Waals surface area contributed by atoms with Gasteiger partial charge in [0.05, 0.1) is 6.10 Å². The van der Waals surface area contributed by atoms with E-state index in [1.807, 2.05) is 0 Å². The highest BCUT2D eigenvalue weighted by molar-refractivity contribution is 9.10.